The van der Waals surface area contributed by atoms with Crippen LogP contribution in [0, 0.1) is 0 Å². The number of ether oxygens (including phenoxy) is 2. The smallest absolute Gasteiger partial charge is 0.318 e. The summed E-state index contributed by atoms with van der Waals surface area (Å²) >= 11 is 0. The maximum absolute atomic E-state index is 16.1. The molecule has 2 atom stereocenters. The average Bonchev–Trinajstić information content (AvgIpc) is 3.63. The van der Waals surface area contributed by atoms with Crippen molar-refractivity contribution in [2.45, 2.75) is 18.6 Å². The summed E-state index contributed by atoms with van der Waals surface area (Å²) in [5.41, 5.74) is 8.46. The first kappa shape index (κ1) is 20.7. The van der Waals surface area contributed by atoms with Gasteiger partial charge in [-0.15, -0.1) is 0 Å². The van der Waals surface area contributed by atoms with Crippen LogP contribution in [0.2, 0.25) is 0 Å². The van der Waals surface area contributed by atoms with E-state index in [4.69, 9.17) is 15.2 Å². The fourth-order valence-electron chi connectivity index (χ4n) is 4.83. The standard InChI is InChI=1S/C24H22FN5O4/c1-33-24-28-21-16(23(29-24)30-4-5-34-17(10-30)22(26)32)9-27-20(19(21)25)15-8-13(31)6-12-3-2-11-7-14(11)18(12)15/h2-3,6,8-9,17,20,27,31H,4-5,7,10H2,1H3,(H2,26,32). The summed E-state index contributed by atoms with van der Waals surface area (Å²) in [7, 11) is 1.41. The predicted molar refractivity (Wildman–Crippen MR) is 122 cm³/mol. The highest BCUT2D eigenvalue weighted by Crippen LogP contribution is 2.42. The average molecular weight is 463 g/mol. The van der Waals surface area contributed by atoms with Gasteiger partial charge in [-0.3, -0.25) is 4.79 Å². The number of methoxy groups -OCH3 is 1. The second kappa shape index (κ2) is 7.56. The van der Waals surface area contributed by atoms with Gasteiger partial charge in [0.25, 0.3) is 0 Å². The zero-order valence-electron chi connectivity index (χ0n) is 18.3. The summed E-state index contributed by atoms with van der Waals surface area (Å²) in [5.74, 6) is -0.596. The summed E-state index contributed by atoms with van der Waals surface area (Å²) < 4.78 is 26.8. The van der Waals surface area contributed by atoms with Gasteiger partial charge < -0.3 is 30.5 Å². The molecule has 3 aliphatic rings. The molecule has 4 N–H and O–H groups in total. The number of rotatable bonds is 4. The van der Waals surface area contributed by atoms with E-state index in [1.807, 2.05) is 17.0 Å². The van der Waals surface area contributed by atoms with Crippen molar-refractivity contribution in [3.8, 4) is 11.8 Å². The van der Waals surface area contributed by atoms with Crippen molar-refractivity contribution in [3.05, 3.63) is 51.5 Å². The highest BCUT2D eigenvalue weighted by Gasteiger charge is 2.31. The first-order valence-corrected chi connectivity index (χ1v) is 11.0. The number of phenols is 1. The number of hydrogen-bond acceptors (Lipinski definition) is 8. The summed E-state index contributed by atoms with van der Waals surface area (Å²) in [4.78, 5) is 22.2. The first-order chi connectivity index (χ1) is 16.4. The summed E-state index contributed by atoms with van der Waals surface area (Å²) in [6.45, 7) is 0.903. The van der Waals surface area contributed by atoms with Crippen LogP contribution in [-0.4, -0.2) is 53.9 Å². The van der Waals surface area contributed by atoms with E-state index in [1.54, 1.807) is 18.3 Å². The molecule has 1 fully saturated rings. The molecular formula is C24H22FN5O4. The van der Waals surface area contributed by atoms with Gasteiger partial charge >= 0.3 is 6.01 Å². The predicted octanol–water partition coefficient (Wildman–Crippen LogP) is 0.0989. The highest BCUT2D eigenvalue weighted by atomic mass is 19.1. The lowest BCUT2D eigenvalue weighted by Crippen LogP contribution is -2.52. The van der Waals surface area contributed by atoms with Crippen LogP contribution in [0.3, 0.4) is 0 Å². The Labute approximate surface area is 193 Å². The number of anilines is 1. The quantitative estimate of drug-likeness (QED) is 0.390. The molecule has 3 heterocycles. The molecule has 174 valence electrons. The molecule has 2 aliphatic heterocycles. The number of hydrogen-bond donors (Lipinski definition) is 3. The number of carbonyl (C=O) groups excluding carboxylic acids is 1. The second-order valence-electron chi connectivity index (χ2n) is 8.61. The second-order valence-corrected chi connectivity index (χ2v) is 8.61. The van der Waals surface area contributed by atoms with Gasteiger partial charge in [-0.1, -0.05) is 12.1 Å². The molecule has 1 saturated heterocycles. The largest absolute Gasteiger partial charge is 0.508 e. The van der Waals surface area contributed by atoms with Crippen molar-refractivity contribution in [2.24, 2.45) is 5.73 Å². The van der Waals surface area contributed by atoms with Crippen molar-refractivity contribution in [1.82, 2.24) is 15.3 Å². The van der Waals surface area contributed by atoms with Crippen LogP contribution in [0.1, 0.15) is 22.7 Å². The third-order valence-corrected chi connectivity index (χ3v) is 6.54. The highest BCUT2D eigenvalue weighted by molar-refractivity contribution is 5.95. The first-order valence-electron chi connectivity index (χ1n) is 11.0. The van der Waals surface area contributed by atoms with Crippen LogP contribution in [0.5, 0.6) is 11.8 Å². The Morgan fingerprint density at radius 3 is 3.00 bits per heavy atom. The minimum atomic E-state index is -0.843. The van der Waals surface area contributed by atoms with E-state index < -0.39 is 23.9 Å². The van der Waals surface area contributed by atoms with Crippen LogP contribution in [0.15, 0.2) is 24.3 Å². The van der Waals surface area contributed by atoms with Crippen molar-refractivity contribution < 1.29 is 23.8 Å². The van der Waals surface area contributed by atoms with Gasteiger partial charge in [0.15, 0.2) is 11.9 Å². The van der Waals surface area contributed by atoms with Crippen molar-refractivity contribution in [2.75, 3.05) is 31.7 Å². The third kappa shape index (κ3) is 3.21. The Balaban J connectivity index is 1.51. The normalized spacial score (nSPS) is 20.8. The number of nitrogens with zero attached hydrogens (tertiary/aromatic N) is 3. The Kier molecular flexibility index (Phi) is 4.59. The topological polar surface area (TPSA) is 123 Å². The van der Waals surface area contributed by atoms with Crippen LogP contribution in [0.25, 0.3) is 22.8 Å². The molecule has 1 aromatic heterocycles. The van der Waals surface area contributed by atoms with Crippen LogP contribution < -0.4 is 31.3 Å². The zero-order chi connectivity index (χ0) is 23.6. The van der Waals surface area contributed by atoms with Gasteiger partial charge in [0.1, 0.15) is 23.0 Å². The molecule has 9 nitrogen and oxygen atoms in total. The molecule has 34 heavy (non-hydrogen) atoms. The molecule has 1 amide bonds. The molecule has 0 bridgehead atoms. The number of nitrogens with one attached hydrogen (secondary N) is 1. The number of primary amides is 1. The number of aromatic nitrogens is 2. The molecule has 0 radical (unpaired) electrons. The maximum Gasteiger partial charge on any atom is 0.318 e. The summed E-state index contributed by atoms with van der Waals surface area (Å²) in [6.07, 6.45) is 1.73. The van der Waals surface area contributed by atoms with E-state index in [0.29, 0.717) is 23.1 Å². The number of fused-ring (bicyclic) bond motifs is 4. The Bertz CT molecular complexity index is 1490. The van der Waals surface area contributed by atoms with Crippen LogP contribution >= 0.6 is 0 Å². The fourth-order valence-corrected chi connectivity index (χ4v) is 4.83. The third-order valence-electron chi connectivity index (χ3n) is 6.54. The molecule has 0 saturated carbocycles. The molecule has 0 spiro atoms. The number of halogens is 1. The SMILES string of the molecule is COc1nc(N2CCOC(C(N)=O)C2)c2c(n1)=C(F)C(c1cc(O)cc3ccc4c(c13)C4)NC=2. The number of phenolic OH excluding ortho intramolecular Hbond substituents is 1. The number of aromatic hydroxyl groups is 1. The summed E-state index contributed by atoms with van der Waals surface area (Å²) in [6, 6.07) is 6.42. The van der Waals surface area contributed by atoms with Crippen LogP contribution in [0.4, 0.5) is 10.2 Å². The molecule has 1 aliphatic carbocycles. The molecule has 2 unspecified atom stereocenters. The molecule has 6 rings (SSSR count). The van der Waals surface area contributed by atoms with E-state index in [-0.39, 0.29) is 30.3 Å². The lowest BCUT2D eigenvalue weighted by Gasteiger charge is -2.33. The number of amides is 1. The van der Waals surface area contributed by atoms with Crippen molar-refractivity contribution in [1.29, 1.82) is 0 Å². The molecule has 10 heteroatoms. The zero-order valence-corrected chi connectivity index (χ0v) is 18.3. The van der Waals surface area contributed by atoms with Gasteiger partial charge in [-0.25, -0.2) is 4.39 Å². The molecule has 3 aromatic rings. The number of morpholine rings is 1. The van der Waals surface area contributed by atoms with Gasteiger partial charge in [0.05, 0.1) is 25.5 Å². The van der Waals surface area contributed by atoms with Crippen molar-refractivity contribution >= 4 is 34.5 Å². The monoisotopic (exact) mass is 463 g/mol. The van der Waals surface area contributed by atoms with Gasteiger partial charge in [0.2, 0.25) is 5.91 Å². The molecule has 2 aromatic carbocycles. The minimum Gasteiger partial charge on any atom is -0.508 e. The minimum absolute atomic E-state index is 0.00752. The number of nitrogens with two attached hydrogens (primary N) is 1. The van der Waals surface area contributed by atoms with E-state index in [0.717, 1.165) is 17.2 Å². The van der Waals surface area contributed by atoms with Crippen molar-refractivity contribution in [3.63, 3.8) is 0 Å². The Morgan fingerprint density at radius 2 is 2.21 bits per heavy atom. The Hall–Kier alpha value is -3.92. The van der Waals surface area contributed by atoms with E-state index in [9.17, 15) is 9.90 Å². The molecular weight excluding hydrogens is 441 g/mol. The summed E-state index contributed by atoms with van der Waals surface area (Å²) in [5, 5.41) is 15.8. The van der Waals surface area contributed by atoms with E-state index in [1.165, 1.54) is 18.2 Å². The Morgan fingerprint density at radius 1 is 1.35 bits per heavy atom. The van der Waals surface area contributed by atoms with Gasteiger partial charge in [0, 0.05) is 12.7 Å². The van der Waals surface area contributed by atoms with E-state index in [2.05, 4.69) is 15.3 Å². The van der Waals surface area contributed by atoms with Gasteiger partial charge in [-0.05, 0) is 46.0 Å². The number of benzene rings is 2. The van der Waals surface area contributed by atoms with E-state index >= 15 is 4.39 Å². The number of carbonyl (C=O) groups is 1. The van der Waals surface area contributed by atoms with Crippen LogP contribution in [-0.2, 0) is 16.0 Å². The van der Waals surface area contributed by atoms with Gasteiger partial charge in [-0.2, -0.15) is 9.97 Å². The lowest BCUT2D eigenvalue weighted by atomic mass is 9.95. The fraction of sp³-hybridized carbons (Fsp3) is 0.292. The maximum atomic E-state index is 16.1. The lowest BCUT2D eigenvalue weighted by molar-refractivity contribution is -0.130.